The maximum atomic E-state index is 6.52. The Bertz CT molecular complexity index is 16.3. The van der Waals surface area contributed by atoms with Crippen molar-refractivity contribution in [2.45, 2.75) is 6.42 Å². The summed E-state index contributed by atoms with van der Waals surface area (Å²) in [4.78, 5) is 0. The van der Waals surface area contributed by atoms with Crippen LogP contribution in [-0.2, 0) is 0 Å². The molecule has 0 aromatic carbocycles. The average Bonchev–Trinajstić information content (AvgIpc) is 1.41. The Labute approximate surface area is 60.6 Å². The maximum absolute atomic E-state index is 6.52. The van der Waals surface area contributed by atoms with E-state index in [0.717, 1.165) is 6.42 Å². The summed E-state index contributed by atoms with van der Waals surface area (Å²) < 4.78 is 0. The fourth-order valence-electron chi connectivity index (χ4n) is 0.102. The van der Waals surface area contributed by atoms with Crippen LogP contribution in [0, 0.1) is 0 Å². The molecule has 0 unspecified atom stereocenters. The van der Waals surface area contributed by atoms with E-state index >= 15 is 0 Å². The number of hydrogen-bond acceptors (Lipinski definition) is 1. The average molecular weight is 96.1 g/mol. The summed E-state index contributed by atoms with van der Waals surface area (Å²) in [5.74, 6) is 0. The van der Waals surface area contributed by atoms with Gasteiger partial charge in [-0.25, -0.2) is 0 Å². The van der Waals surface area contributed by atoms with E-state index in [1.54, 1.807) is 0 Å². The third-order valence-electron chi connectivity index (χ3n) is 0.381. The molecule has 3 N–H and O–H groups in total. The first-order chi connectivity index (χ1) is 2.41. The molecule has 0 amide bonds. The molecule has 0 saturated carbocycles. The smallest absolute Gasteiger partial charge is 0.677 e. The van der Waals surface area contributed by atoms with Gasteiger partial charge in [0.1, 0.15) is 0 Å². The molecule has 0 fully saturated rings. The molecule has 2 nitrogen and oxygen atoms in total. The monoisotopic (exact) mass is 96.1 g/mol. The minimum Gasteiger partial charge on any atom is -0.677 e. The first-order valence-corrected chi connectivity index (χ1v) is 1.76. The molecule has 0 rings (SSSR count). The first kappa shape index (κ1) is 10.0. The minimum absolute atomic E-state index is 0. The first-order valence-electron chi connectivity index (χ1n) is 1.76. The Morgan fingerprint density at radius 1 is 1.50 bits per heavy atom. The van der Waals surface area contributed by atoms with Crippen LogP contribution in [0.25, 0.3) is 5.73 Å². The van der Waals surface area contributed by atoms with E-state index in [2.05, 4.69) is 0 Å². The van der Waals surface area contributed by atoms with Crippen LogP contribution in [0.5, 0.6) is 0 Å². The summed E-state index contributed by atoms with van der Waals surface area (Å²) in [6.07, 6.45) is 0.833. The molecular formula is C3H9N2Na. The second kappa shape index (κ2) is 9.33. The molecule has 0 saturated heterocycles. The second-order valence-electron chi connectivity index (χ2n) is 0.892. The zero-order valence-corrected chi connectivity index (χ0v) is 6.20. The van der Waals surface area contributed by atoms with Gasteiger partial charge in [0.05, 0.1) is 0 Å². The van der Waals surface area contributed by atoms with Gasteiger partial charge in [0, 0.05) is 0 Å². The Hall–Kier alpha value is 0.920. The van der Waals surface area contributed by atoms with Gasteiger partial charge in [-0.1, -0.05) is 6.42 Å². The van der Waals surface area contributed by atoms with Gasteiger partial charge >= 0.3 is 29.6 Å². The van der Waals surface area contributed by atoms with Gasteiger partial charge in [-0.15, -0.1) is 6.54 Å². The Kier molecular flexibility index (Phi) is 15.6. The zero-order chi connectivity index (χ0) is 4.12. The number of nitrogens with two attached hydrogens (primary N) is 1. The summed E-state index contributed by atoms with van der Waals surface area (Å²) in [7, 11) is 0. The topological polar surface area (TPSA) is 49.8 Å². The van der Waals surface area contributed by atoms with Crippen molar-refractivity contribution in [1.29, 1.82) is 0 Å². The van der Waals surface area contributed by atoms with Crippen LogP contribution in [0.2, 0.25) is 0 Å². The molecule has 0 aromatic rings. The molecule has 0 aliphatic heterocycles. The predicted octanol–water partition coefficient (Wildman–Crippen LogP) is -2.61. The van der Waals surface area contributed by atoms with E-state index in [-0.39, 0.29) is 29.6 Å². The minimum atomic E-state index is 0. The van der Waals surface area contributed by atoms with Crippen molar-refractivity contribution in [2.75, 3.05) is 13.1 Å². The van der Waals surface area contributed by atoms with Crippen LogP contribution in [0.1, 0.15) is 6.42 Å². The Balaban J connectivity index is 0. The molecular weight excluding hydrogens is 87.0 g/mol. The van der Waals surface area contributed by atoms with Crippen LogP contribution >= 0.6 is 0 Å². The van der Waals surface area contributed by atoms with E-state index < -0.39 is 0 Å². The third kappa shape index (κ3) is 8.87. The van der Waals surface area contributed by atoms with Gasteiger partial charge in [-0.3, -0.25) is 0 Å². The number of nitrogens with one attached hydrogen (secondary N) is 1. The van der Waals surface area contributed by atoms with Crippen LogP contribution in [0.15, 0.2) is 0 Å². The van der Waals surface area contributed by atoms with Crippen molar-refractivity contribution in [3.63, 3.8) is 0 Å². The summed E-state index contributed by atoms with van der Waals surface area (Å²) in [6, 6.07) is 0. The Morgan fingerprint density at radius 2 is 2.00 bits per heavy atom. The van der Waals surface area contributed by atoms with E-state index in [0.29, 0.717) is 13.1 Å². The largest absolute Gasteiger partial charge is 1.00 e. The number of hydrogen-bond donors (Lipinski definition) is 1. The fraction of sp³-hybridized carbons (Fsp3) is 1.00. The van der Waals surface area contributed by atoms with Crippen molar-refractivity contribution in [1.82, 2.24) is 0 Å². The van der Waals surface area contributed by atoms with Crippen LogP contribution in [0.3, 0.4) is 0 Å². The molecule has 0 radical (unpaired) electrons. The van der Waals surface area contributed by atoms with E-state index in [4.69, 9.17) is 11.5 Å². The van der Waals surface area contributed by atoms with Gasteiger partial charge in [-0.05, 0) is 6.54 Å². The Morgan fingerprint density at radius 3 is 2.00 bits per heavy atom. The molecule has 3 heteroatoms. The van der Waals surface area contributed by atoms with Gasteiger partial charge in [0.15, 0.2) is 0 Å². The van der Waals surface area contributed by atoms with Crippen molar-refractivity contribution in [3.8, 4) is 0 Å². The molecule has 32 valence electrons. The fourth-order valence-corrected chi connectivity index (χ4v) is 0.102. The summed E-state index contributed by atoms with van der Waals surface area (Å²) in [6.45, 7) is 1.12. The normalized spacial score (nSPS) is 7.00. The summed E-state index contributed by atoms with van der Waals surface area (Å²) in [5, 5.41) is 0. The van der Waals surface area contributed by atoms with Crippen LogP contribution < -0.4 is 35.3 Å². The van der Waals surface area contributed by atoms with Crippen molar-refractivity contribution >= 4 is 0 Å². The van der Waals surface area contributed by atoms with Gasteiger partial charge in [-0.2, -0.15) is 0 Å². The molecule has 6 heavy (non-hydrogen) atoms. The zero-order valence-electron chi connectivity index (χ0n) is 4.20. The van der Waals surface area contributed by atoms with Crippen LogP contribution in [-0.4, -0.2) is 13.1 Å². The molecule has 0 heterocycles. The molecule has 0 bridgehead atoms. The predicted molar refractivity (Wildman–Crippen MR) is 22.9 cm³/mol. The molecule has 0 aliphatic rings. The second-order valence-corrected chi connectivity index (χ2v) is 0.892. The van der Waals surface area contributed by atoms with Crippen molar-refractivity contribution < 1.29 is 29.6 Å². The molecule has 0 aliphatic carbocycles. The third-order valence-corrected chi connectivity index (χ3v) is 0.381. The van der Waals surface area contributed by atoms with Crippen LogP contribution in [0.4, 0.5) is 0 Å². The van der Waals surface area contributed by atoms with Crippen molar-refractivity contribution in [3.05, 3.63) is 5.73 Å². The van der Waals surface area contributed by atoms with E-state index in [9.17, 15) is 0 Å². The maximum Gasteiger partial charge on any atom is 1.00 e. The van der Waals surface area contributed by atoms with Crippen molar-refractivity contribution in [2.24, 2.45) is 5.73 Å². The quantitative estimate of drug-likeness (QED) is 0.376. The number of rotatable bonds is 2. The summed E-state index contributed by atoms with van der Waals surface area (Å²) >= 11 is 0. The van der Waals surface area contributed by atoms with Gasteiger partial charge in [0.25, 0.3) is 0 Å². The molecule has 0 atom stereocenters. The van der Waals surface area contributed by atoms with Gasteiger partial charge < -0.3 is 11.5 Å². The molecule has 0 spiro atoms. The van der Waals surface area contributed by atoms with E-state index in [1.165, 1.54) is 0 Å². The SMILES string of the molecule is [NH-]CCCN.[Na+]. The standard InChI is InChI=1S/C3H9N2.Na/c4-2-1-3-5;/h4H,1-3,5H2;/q-1;+1. The van der Waals surface area contributed by atoms with E-state index in [1.807, 2.05) is 0 Å². The molecule has 0 aromatic heterocycles. The summed E-state index contributed by atoms with van der Waals surface area (Å²) in [5.41, 5.74) is 11.5. The van der Waals surface area contributed by atoms with Gasteiger partial charge in [0.2, 0.25) is 0 Å².